The predicted octanol–water partition coefficient (Wildman–Crippen LogP) is 3.93. The lowest BCUT2D eigenvalue weighted by Crippen LogP contribution is -2.12. The van der Waals surface area contributed by atoms with Crippen molar-refractivity contribution in [3.63, 3.8) is 0 Å². The van der Waals surface area contributed by atoms with Crippen molar-refractivity contribution in [3.05, 3.63) is 18.2 Å². The standard InChI is InChI=1S/C13H24N2/c1-6-8-11(7-2)15-9-12(14-10-15)13(3,4)5/h9-11H,6-8H2,1-5H3. The summed E-state index contributed by atoms with van der Waals surface area (Å²) >= 11 is 0. The van der Waals surface area contributed by atoms with E-state index in [2.05, 4.69) is 50.4 Å². The first-order valence-electron chi connectivity index (χ1n) is 6.03. The fourth-order valence-corrected chi connectivity index (χ4v) is 1.82. The van der Waals surface area contributed by atoms with Crippen molar-refractivity contribution >= 4 is 0 Å². The van der Waals surface area contributed by atoms with Gasteiger partial charge in [0.15, 0.2) is 0 Å². The van der Waals surface area contributed by atoms with E-state index >= 15 is 0 Å². The summed E-state index contributed by atoms with van der Waals surface area (Å²) in [7, 11) is 0. The molecule has 0 aliphatic heterocycles. The molecule has 2 nitrogen and oxygen atoms in total. The van der Waals surface area contributed by atoms with Gasteiger partial charge in [-0.25, -0.2) is 4.98 Å². The van der Waals surface area contributed by atoms with Gasteiger partial charge in [-0.05, 0) is 12.8 Å². The topological polar surface area (TPSA) is 17.8 Å². The third-order valence-electron chi connectivity index (χ3n) is 2.88. The minimum atomic E-state index is 0.162. The highest BCUT2D eigenvalue weighted by atomic mass is 15.1. The van der Waals surface area contributed by atoms with Crippen molar-refractivity contribution in [2.75, 3.05) is 0 Å². The molecule has 0 saturated heterocycles. The summed E-state index contributed by atoms with van der Waals surface area (Å²) in [5, 5.41) is 0. The van der Waals surface area contributed by atoms with E-state index < -0.39 is 0 Å². The van der Waals surface area contributed by atoms with Crippen LogP contribution in [0.1, 0.15) is 65.6 Å². The molecule has 0 N–H and O–H groups in total. The lowest BCUT2D eigenvalue weighted by Gasteiger charge is -2.17. The van der Waals surface area contributed by atoms with Crippen LogP contribution in [0.5, 0.6) is 0 Å². The molecule has 0 fully saturated rings. The molecule has 1 unspecified atom stereocenters. The number of aromatic nitrogens is 2. The second kappa shape index (κ2) is 4.82. The van der Waals surface area contributed by atoms with Crippen LogP contribution in [0, 0.1) is 0 Å². The first-order chi connectivity index (χ1) is 6.99. The van der Waals surface area contributed by atoms with E-state index in [1.165, 1.54) is 25.0 Å². The molecule has 1 atom stereocenters. The third kappa shape index (κ3) is 3.08. The summed E-state index contributed by atoms with van der Waals surface area (Å²) in [4.78, 5) is 4.50. The molecule has 86 valence electrons. The van der Waals surface area contributed by atoms with Gasteiger partial charge in [-0.15, -0.1) is 0 Å². The van der Waals surface area contributed by atoms with Crippen LogP contribution in [0.25, 0.3) is 0 Å². The molecule has 0 radical (unpaired) electrons. The van der Waals surface area contributed by atoms with Crippen molar-refractivity contribution in [3.8, 4) is 0 Å². The number of nitrogens with zero attached hydrogens (tertiary/aromatic N) is 2. The Kier molecular flexibility index (Phi) is 3.95. The molecule has 0 aliphatic rings. The summed E-state index contributed by atoms with van der Waals surface area (Å²) in [5.41, 5.74) is 1.35. The van der Waals surface area contributed by atoms with E-state index in [9.17, 15) is 0 Å². The molecular weight excluding hydrogens is 184 g/mol. The zero-order valence-electron chi connectivity index (χ0n) is 10.7. The smallest absolute Gasteiger partial charge is 0.0952 e. The van der Waals surface area contributed by atoms with Crippen molar-refractivity contribution < 1.29 is 0 Å². The molecule has 1 rings (SSSR count). The second-order valence-corrected chi connectivity index (χ2v) is 5.31. The maximum absolute atomic E-state index is 4.50. The maximum Gasteiger partial charge on any atom is 0.0952 e. The van der Waals surface area contributed by atoms with E-state index in [1.54, 1.807) is 0 Å². The fourth-order valence-electron chi connectivity index (χ4n) is 1.82. The molecule has 1 aromatic heterocycles. The Morgan fingerprint density at radius 3 is 2.40 bits per heavy atom. The Balaban J connectivity index is 2.82. The number of hydrogen-bond acceptors (Lipinski definition) is 1. The van der Waals surface area contributed by atoms with E-state index in [-0.39, 0.29) is 5.41 Å². The summed E-state index contributed by atoms with van der Waals surface area (Å²) < 4.78 is 2.28. The first-order valence-corrected chi connectivity index (χ1v) is 6.03. The number of rotatable bonds is 4. The lowest BCUT2D eigenvalue weighted by atomic mass is 9.93. The number of hydrogen-bond donors (Lipinski definition) is 0. The van der Waals surface area contributed by atoms with Gasteiger partial charge in [0.05, 0.1) is 12.0 Å². The highest BCUT2D eigenvalue weighted by Crippen LogP contribution is 2.23. The summed E-state index contributed by atoms with van der Waals surface area (Å²) in [6, 6.07) is 0.624. The molecule has 1 heterocycles. The Morgan fingerprint density at radius 1 is 1.33 bits per heavy atom. The molecule has 0 amide bonds. The zero-order valence-corrected chi connectivity index (χ0v) is 10.7. The monoisotopic (exact) mass is 208 g/mol. The average Bonchev–Trinajstić information content (AvgIpc) is 2.62. The molecule has 2 heteroatoms. The van der Waals surface area contributed by atoms with Crippen LogP contribution in [0.4, 0.5) is 0 Å². The summed E-state index contributed by atoms with van der Waals surface area (Å²) in [6.45, 7) is 11.1. The van der Waals surface area contributed by atoms with Crippen LogP contribution >= 0.6 is 0 Å². The van der Waals surface area contributed by atoms with Gasteiger partial charge < -0.3 is 4.57 Å². The van der Waals surface area contributed by atoms with E-state index in [0.29, 0.717) is 6.04 Å². The van der Waals surface area contributed by atoms with E-state index in [0.717, 1.165) is 0 Å². The molecule has 0 aliphatic carbocycles. The molecule has 0 aromatic carbocycles. The van der Waals surface area contributed by atoms with Gasteiger partial charge >= 0.3 is 0 Å². The SMILES string of the molecule is CCCC(CC)n1cnc(C(C)(C)C)c1. The highest BCUT2D eigenvalue weighted by Gasteiger charge is 2.18. The van der Waals surface area contributed by atoms with Crippen LogP contribution in [-0.4, -0.2) is 9.55 Å². The minimum Gasteiger partial charge on any atom is -0.334 e. The third-order valence-corrected chi connectivity index (χ3v) is 2.88. The fraction of sp³-hybridized carbons (Fsp3) is 0.769. The summed E-state index contributed by atoms with van der Waals surface area (Å²) in [6.07, 6.45) is 7.88. The Bertz CT molecular complexity index is 294. The normalized spacial score (nSPS) is 14.2. The van der Waals surface area contributed by atoms with Gasteiger partial charge in [-0.2, -0.15) is 0 Å². The van der Waals surface area contributed by atoms with Crippen LogP contribution in [0.2, 0.25) is 0 Å². The Labute approximate surface area is 93.7 Å². The molecule has 1 aromatic rings. The average molecular weight is 208 g/mol. The lowest BCUT2D eigenvalue weighted by molar-refractivity contribution is 0.446. The van der Waals surface area contributed by atoms with Crippen molar-refractivity contribution in [1.29, 1.82) is 0 Å². The van der Waals surface area contributed by atoms with Crippen LogP contribution in [0.3, 0.4) is 0 Å². The van der Waals surface area contributed by atoms with E-state index in [4.69, 9.17) is 0 Å². The Morgan fingerprint density at radius 2 is 2.00 bits per heavy atom. The molecule has 0 saturated carbocycles. The number of imidazole rings is 1. The maximum atomic E-state index is 4.50. The summed E-state index contributed by atoms with van der Waals surface area (Å²) in [5.74, 6) is 0. The van der Waals surface area contributed by atoms with Crippen LogP contribution < -0.4 is 0 Å². The largest absolute Gasteiger partial charge is 0.334 e. The van der Waals surface area contributed by atoms with Gasteiger partial charge in [-0.3, -0.25) is 0 Å². The van der Waals surface area contributed by atoms with Gasteiger partial charge in [0, 0.05) is 17.7 Å². The van der Waals surface area contributed by atoms with Crippen molar-refractivity contribution in [1.82, 2.24) is 9.55 Å². The van der Waals surface area contributed by atoms with Crippen molar-refractivity contribution in [2.24, 2.45) is 0 Å². The predicted molar refractivity (Wildman–Crippen MR) is 65.2 cm³/mol. The quantitative estimate of drug-likeness (QED) is 0.733. The first kappa shape index (κ1) is 12.3. The van der Waals surface area contributed by atoms with Crippen molar-refractivity contribution in [2.45, 2.75) is 65.3 Å². The van der Waals surface area contributed by atoms with Gasteiger partial charge in [0.25, 0.3) is 0 Å². The van der Waals surface area contributed by atoms with Gasteiger partial charge in [0.1, 0.15) is 0 Å². The molecule has 0 bridgehead atoms. The highest BCUT2D eigenvalue weighted by molar-refractivity contribution is 5.09. The Hall–Kier alpha value is -0.790. The second-order valence-electron chi connectivity index (χ2n) is 5.31. The zero-order chi connectivity index (χ0) is 11.5. The van der Waals surface area contributed by atoms with Crippen LogP contribution in [-0.2, 0) is 5.41 Å². The molecule has 15 heavy (non-hydrogen) atoms. The molecular formula is C13H24N2. The minimum absolute atomic E-state index is 0.162. The van der Waals surface area contributed by atoms with Crippen LogP contribution in [0.15, 0.2) is 12.5 Å². The van der Waals surface area contributed by atoms with Gasteiger partial charge in [0.2, 0.25) is 0 Å². The molecule has 0 spiro atoms. The van der Waals surface area contributed by atoms with E-state index in [1.807, 2.05) is 6.33 Å². The van der Waals surface area contributed by atoms with Gasteiger partial charge in [-0.1, -0.05) is 41.0 Å².